The van der Waals surface area contributed by atoms with Crippen LogP contribution in [0.25, 0.3) is 0 Å². The lowest BCUT2D eigenvalue weighted by atomic mass is 10.0. The summed E-state index contributed by atoms with van der Waals surface area (Å²) < 4.78 is 5.48. The molecule has 1 unspecified atom stereocenters. The van der Waals surface area contributed by atoms with Crippen molar-refractivity contribution in [1.29, 1.82) is 0 Å². The summed E-state index contributed by atoms with van der Waals surface area (Å²) in [6.45, 7) is 2.73. The first-order valence-corrected chi connectivity index (χ1v) is 6.49. The van der Waals surface area contributed by atoms with Crippen LogP contribution in [0.3, 0.4) is 0 Å². The van der Waals surface area contributed by atoms with Crippen LogP contribution in [0.4, 0.5) is 5.82 Å². The lowest BCUT2D eigenvalue weighted by molar-refractivity contribution is 0.0576. The Balaban J connectivity index is 1.91. The average molecular weight is 256 g/mol. The molecule has 94 valence electrons. The quantitative estimate of drug-likeness (QED) is 0.772. The first kappa shape index (κ1) is 12.6. The fourth-order valence-corrected chi connectivity index (χ4v) is 2.18. The fraction of sp³-hybridized carbons (Fsp3) is 0.667. The molecule has 0 aromatic carbocycles. The molecule has 0 spiro atoms. The van der Waals surface area contributed by atoms with Crippen LogP contribution in [0.2, 0.25) is 0 Å². The van der Waals surface area contributed by atoms with Gasteiger partial charge in [0.05, 0.1) is 30.6 Å². The molecule has 5 heteroatoms. The third kappa shape index (κ3) is 3.54. The van der Waals surface area contributed by atoms with Crippen molar-refractivity contribution < 1.29 is 4.74 Å². The van der Waals surface area contributed by atoms with Crippen molar-refractivity contribution in [2.24, 2.45) is 5.92 Å². The van der Waals surface area contributed by atoms with Gasteiger partial charge in [-0.3, -0.25) is 4.98 Å². The number of hydrogen-bond donors (Lipinski definition) is 0. The first-order valence-electron chi connectivity index (χ1n) is 5.95. The zero-order valence-electron chi connectivity index (χ0n) is 10.1. The van der Waals surface area contributed by atoms with Gasteiger partial charge in [-0.1, -0.05) is 0 Å². The zero-order valence-corrected chi connectivity index (χ0v) is 10.9. The van der Waals surface area contributed by atoms with Gasteiger partial charge in [0.25, 0.3) is 0 Å². The molecule has 1 aromatic rings. The van der Waals surface area contributed by atoms with Crippen LogP contribution in [0, 0.1) is 5.92 Å². The molecule has 2 heterocycles. The van der Waals surface area contributed by atoms with E-state index in [0.717, 1.165) is 37.7 Å². The van der Waals surface area contributed by atoms with Gasteiger partial charge in [0.2, 0.25) is 0 Å². The van der Waals surface area contributed by atoms with Gasteiger partial charge >= 0.3 is 0 Å². The van der Waals surface area contributed by atoms with Gasteiger partial charge < -0.3 is 9.64 Å². The number of nitrogens with zero attached hydrogens (tertiary/aromatic N) is 3. The summed E-state index contributed by atoms with van der Waals surface area (Å²) >= 11 is 5.68. The Morgan fingerprint density at radius 3 is 2.94 bits per heavy atom. The standard InChI is InChI=1S/C12H18ClN3O/c1-16(8-10-3-2-4-17-9-10)12-7-14-11(5-13)6-15-12/h6-7,10H,2-5,8-9H2,1H3. The molecule has 0 saturated carbocycles. The molecule has 0 bridgehead atoms. The maximum absolute atomic E-state index is 5.68. The van der Waals surface area contributed by atoms with E-state index in [9.17, 15) is 0 Å². The molecule has 0 aliphatic carbocycles. The molecule has 1 aromatic heterocycles. The second-order valence-electron chi connectivity index (χ2n) is 4.46. The lowest BCUT2D eigenvalue weighted by Crippen LogP contribution is -2.31. The van der Waals surface area contributed by atoms with Crippen molar-refractivity contribution in [3.63, 3.8) is 0 Å². The Hall–Kier alpha value is -0.870. The Morgan fingerprint density at radius 2 is 2.35 bits per heavy atom. The van der Waals surface area contributed by atoms with E-state index in [1.165, 1.54) is 6.42 Å². The van der Waals surface area contributed by atoms with E-state index in [-0.39, 0.29) is 0 Å². The molecule has 1 fully saturated rings. The smallest absolute Gasteiger partial charge is 0.146 e. The van der Waals surface area contributed by atoms with E-state index in [1.54, 1.807) is 12.4 Å². The Bertz CT molecular complexity index is 338. The topological polar surface area (TPSA) is 38.2 Å². The predicted molar refractivity (Wildman–Crippen MR) is 68.4 cm³/mol. The van der Waals surface area contributed by atoms with Gasteiger partial charge in [-0.05, 0) is 18.8 Å². The van der Waals surface area contributed by atoms with Crippen LogP contribution < -0.4 is 4.90 Å². The normalized spacial score (nSPS) is 20.2. The van der Waals surface area contributed by atoms with Crippen molar-refractivity contribution >= 4 is 17.4 Å². The summed E-state index contributed by atoms with van der Waals surface area (Å²) in [6.07, 6.45) is 5.91. The summed E-state index contributed by atoms with van der Waals surface area (Å²) in [5, 5.41) is 0. The zero-order chi connectivity index (χ0) is 12.1. The van der Waals surface area contributed by atoms with E-state index in [2.05, 4.69) is 14.9 Å². The molecule has 1 aliphatic rings. The summed E-state index contributed by atoms with van der Waals surface area (Å²) in [5.41, 5.74) is 0.810. The molecule has 2 rings (SSSR count). The average Bonchev–Trinajstić information content (AvgIpc) is 2.40. The lowest BCUT2D eigenvalue weighted by Gasteiger charge is -2.27. The van der Waals surface area contributed by atoms with Crippen molar-refractivity contribution in [3.05, 3.63) is 18.1 Å². The molecule has 1 aliphatic heterocycles. The van der Waals surface area contributed by atoms with Crippen LogP contribution in [0.5, 0.6) is 0 Å². The minimum atomic E-state index is 0.410. The van der Waals surface area contributed by atoms with Crippen molar-refractivity contribution in [2.45, 2.75) is 18.7 Å². The molecular weight excluding hydrogens is 238 g/mol. The van der Waals surface area contributed by atoms with Crippen LogP contribution in [-0.4, -0.2) is 36.8 Å². The molecule has 4 nitrogen and oxygen atoms in total. The largest absolute Gasteiger partial charge is 0.381 e. The highest BCUT2D eigenvalue weighted by Gasteiger charge is 2.16. The predicted octanol–water partition coefficient (Wildman–Crippen LogP) is 2.08. The maximum atomic E-state index is 5.68. The number of halogens is 1. The highest BCUT2D eigenvalue weighted by molar-refractivity contribution is 6.16. The van der Waals surface area contributed by atoms with Gasteiger partial charge in [0.1, 0.15) is 5.82 Å². The van der Waals surface area contributed by atoms with E-state index in [0.29, 0.717) is 11.8 Å². The number of ether oxygens (including phenoxy) is 1. The van der Waals surface area contributed by atoms with Crippen molar-refractivity contribution in [3.8, 4) is 0 Å². The van der Waals surface area contributed by atoms with Gasteiger partial charge in [-0.25, -0.2) is 4.98 Å². The van der Waals surface area contributed by atoms with Gasteiger partial charge in [0.15, 0.2) is 0 Å². The van der Waals surface area contributed by atoms with E-state index in [1.807, 2.05) is 7.05 Å². The van der Waals surface area contributed by atoms with Gasteiger partial charge in [0, 0.05) is 20.2 Å². The number of aromatic nitrogens is 2. The molecular formula is C12H18ClN3O. The minimum absolute atomic E-state index is 0.410. The molecule has 0 amide bonds. The summed E-state index contributed by atoms with van der Waals surface area (Å²) in [6, 6.07) is 0. The summed E-state index contributed by atoms with van der Waals surface area (Å²) in [7, 11) is 2.04. The maximum Gasteiger partial charge on any atom is 0.146 e. The van der Waals surface area contributed by atoms with Gasteiger partial charge in [-0.2, -0.15) is 0 Å². The Morgan fingerprint density at radius 1 is 1.47 bits per heavy atom. The number of anilines is 1. The molecule has 0 N–H and O–H groups in total. The SMILES string of the molecule is CN(CC1CCCOC1)c1cnc(CCl)cn1. The van der Waals surface area contributed by atoms with Crippen LogP contribution >= 0.6 is 11.6 Å². The third-order valence-corrected chi connectivity index (χ3v) is 3.28. The van der Waals surface area contributed by atoms with Crippen LogP contribution in [0.15, 0.2) is 12.4 Å². The monoisotopic (exact) mass is 255 g/mol. The van der Waals surface area contributed by atoms with E-state index >= 15 is 0 Å². The van der Waals surface area contributed by atoms with Gasteiger partial charge in [-0.15, -0.1) is 11.6 Å². The Labute approximate surface area is 107 Å². The molecule has 0 radical (unpaired) electrons. The van der Waals surface area contributed by atoms with Crippen molar-refractivity contribution in [1.82, 2.24) is 9.97 Å². The fourth-order valence-electron chi connectivity index (χ4n) is 2.05. The molecule has 17 heavy (non-hydrogen) atoms. The highest BCUT2D eigenvalue weighted by atomic mass is 35.5. The second kappa shape index (κ2) is 6.17. The Kier molecular flexibility index (Phi) is 4.57. The number of hydrogen-bond acceptors (Lipinski definition) is 4. The van der Waals surface area contributed by atoms with Crippen molar-refractivity contribution in [2.75, 3.05) is 31.7 Å². The first-order chi connectivity index (χ1) is 8.29. The number of rotatable bonds is 4. The molecule has 1 saturated heterocycles. The number of alkyl halides is 1. The summed E-state index contributed by atoms with van der Waals surface area (Å²) in [4.78, 5) is 10.7. The molecule has 1 atom stereocenters. The highest BCUT2D eigenvalue weighted by Crippen LogP contribution is 2.17. The summed E-state index contributed by atoms with van der Waals surface area (Å²) in [5.74, 6) is 1.90. The minimum Gasteiger partial charge on any atom is -0.381 e. The third-order valence-electron chi connectivity index (χ3n) is 3.01. The van der Waals surface area contributed by atoms with Crippen LogP contribution in [0.1, 0.15) is 18.5 Å². The second-order valence-corrected chi connectivity index (χ2v) is 4.73. The van der Waals surface area contributed by atoms with E-state index in [4.69, 9.17) is 16.3 Å². The van der Waals surface area contributed by atoms with Crippen LogP contribution in [-0.2, 0) is 10.6 Å². The van der Waals surface area contributed by atoms with E-state index < -0.39 is 0 Å².